The third-order valence-electron chi connectivity index (χ3n) is 8.43. The Morgan fingerprint density at radius 1 is 1.21 bits per heavy atom. The zero-order valence-corrected chi connectivity index (χ0v) is 23.1. The Morgan fingerprint density at radius 2 is 1.97 bits per heavy atom. The molecule has 1 saturated heterocycles. The summed E-state index contributed by atoms with van der Waals surface area (Å²) in [6, 6.07) is 12.7. The van der Waals surface area contributed by atoms with Gasteiger partial charge >= 0.3 is 5.63 Å². The number of benzene rings is 2. The molecule has 0 radical (unpaired) electrons. The monoisotopic (exact) mass is 537 g/mol. The molecule has 0 spiro atoms. The van der Waals surface area contributed by atoms with Gasteiger partial charge in [0, 0.05) is 34.5 Å². The maximum absolute atomic E-state index is 13.9. The van der Waals surface area contributed by atoms with Crippen LogP contribution in [0.15, 0.2) is 51.7 Å². The number of nitrogens with zero attached hydrogens (tertiary/aromatic N) is 1. The van der Waals surface area contributed by atoms with Crippen LogP contribution < -0.4 is 10.4 Å². The Labute approximate surface area is 228 Å². The minimum Gasteiger partial charge on any atom is -0.480 e. The van der Waals surface area contributed by atoms with E-state index in [4.69, 9.17) is 20.8 Å². The summed E-state index contributed by atoms with van der Waals surface area (Å²) in [5.41, 5.74) is 1.98. The van der Waals surface area contributed by atoms with E-state index in [2.05, 4.69) is 6.92 Å². The summed E-state index contributed by atoms with van der Waals surface area (Å²) in [7, 11) is 0. The second kappa shape index (κ2) is 10.7. The van der Waals surface area contributed by atoms with Gasteiger partial charge in [-0.05, 0) is 74.9 Å². The summed E-state index contributed by atoms with van der Waals surface area (Å²) >= 11 is 6.17. The normalized spacial score (nSPS) is 24.2. The molecule has 1 saturated carbocycles. The first-order chi connectivity index (χ1) is 18.2. The molecule has 38 heavy (non-hydrogen) atoms. The average molecular weight is 538 g/mol. The van der Waals surface area contributed by atoms with Gasteiger partial charge in [0.2, 0.25) is 0 Å². The smallest absolute Gasteiger partial charge is 0.336 e. The predicted octanol–water partition coefficient (Wildman–Crippen LogP) is 6.37. The molecule has 1 amide bonds. The number of fused-ring (bicyclic) bond motifs is 2. The first-order valence-electron chi connectivity index (χ1n) is 13.7. The van der Waals surface area contributed by atoms with Gasteiger partial charge in [0.25, 0.3) is 5.91 Å². The summed E-state index contributed by atoms with van der Waals surface area (Å²) in [6.07, 6.45) is 5.16. The number of aryl methyl sites for hydroxylation is 2. The molecule has 5 rings (SSSR count). The lowest BCUT2D eigenvalue weighted by atomic mass is 9.66. The van der Waals surface area contributed by atoms with Gasteiger partial charge in [0.05, 0.1) is 11.6 Å². The number of aliphatic hydroxyl groups is 1. The first-order valence-corrected chi connectivity index (χ1v) is 14.1. The molecule has 1 aliphatic carbocycles. The van der Waals surface area contributed by atoms with Crippen molar-refractivity contribution in [2.45, 2.75) is 83.5 Å². The van der Waals surface area contributed by atoms with Crippen LogP contribution >= 0.6 is 11.6 Å². The van der Waals surface area contributed by atoms with Gasteiger partial charge in [-0.25, -0.2) is 4.79 Å². The fraction of sp³-hybridized carbons (Fsp3) is 0.484. The molecule has 6 nitrogen and oxygen atoms in total. The van der Waals surface area contributed by atoms with Gasteiger partial charge in [0.1, 0.15) is 11.3 Å². The topological polar surface area (TPSA) is 80.0 Å². The van der Waals surface area contributed by atoms with E-state index < -0.39 is 11.7 Å². The summed E-state index contributed by atoms with van der Waals surface area (Å²) in [5, 5.41) is 13.1. The minimum absolute atomic E-state index is 0.0454. The van der Waals surface area contributed by atoms with E-state index in [1.807, 2.05) is 48.2 Å². The van der Waals surface area contributed by atoms with Crippen molar-refractivity contribution in [3.63, 3.8) is 0 Å². The molecule has 202 valence electrons. The van der Waals surface area contributed by atoms with E-state index in [0.29, 0.717) is 34.9 Å². The van der Waals surface area contributed by atoms with Crippen molar-refractivity contribution >= 4 is 28.5 Å². The number of carbonyl (C=O) groups excluding carboxylic acids is 1. The van der Waals surface area contributed by atoms with Crippen LogP contribution in [0.3, 0.4) is 0 Å². The highest BCUT2D eigenvalue weighted by Crippen LogP contribution is 2.49. The zero-order valence-electron chi connectivity index (χ0n) is 22.3. The Morgan fingerprint density at radius 3 is 2.71 bits per heavy atom. The zero-order chi connectivity index (χ0) is 27.0. The second-order valence-electron chi connectivity index (χ2n) is 10.9. The minimum atomic E-state index is -0.772. The molecule has 3 aromatic rings. The third-order valence-corrected chi connectivity index (χ3v) is 8.68. The van der Waals surface area contributed by atoms with E-state index in [-0.39, 0.29) is 23.5 Å². The van der Waals surface area contributed by atoms with E-state index in [9.17, 15) is 14.7 Å². The van der Waals surface area contributed by atoms with Crippen molar-refractivity contribution in [3.05, 3.63) is 74.6 Å². The average Bonchev–Trinajstić information content (AvgIpc) is 2.90. The quantitative estimate of drug-likeness (QED) is 0.369. The SMILES string of the molecule is CCCc1cc(=O)oc2c(C)c(OC(C)C(=O)N3CCC4(O)CCCCC4[C@@H]3c3ccc(Cl)cc3)ccc12. The third kappa shape index (κ3) is 4.96. The molecule has 1 aromatic heterocycles. The van der Waals surface area contributed by atoms with Crippen LogP contribution in [0.2, 0.25) is 5.02 Å². The number of hydrogen-bond donors (Lipinski definition) is 1. The number of piperidine rings is 1. The van der Waals surface area contributed by atoms with Crippen molar-refractivity contribution in [2.24, 2.45) is 5.92 Å². The van der Waals surface area contributed by atoms with Gasteiger partial charge in [-0.15, -0.1) is 0 Å². The van der Waals surface area contributed by atoms with Gasteiger partial charge in [-0.2, -0.15) is 0 Å². The Balaban J connectivity index is 1.45. The molecule has 1 N–H and O–H groups in total. The lowest BCUT2D eigenvalue weighted by Gasteiger charge is -2.53. The molecule has 7 heteroatoms. The predicted molar refractivity (Wildman–Crippen MR) is 149 cm³/mol. The van der Waals surface area contributed by atoms with Gasteiger partial charge in [-0.3, -0.25) is 4.79 Å². The highest BCUT2D eigenvalue weighted by Gasteiger charge is 2.50. The first kappa shape index (κ1) is 26.8. The van der Waals surface area contributed by atoms with Crippen molar-refractivity contribution in [3.8, 4) is 5.75 Å². The Bertz CT molecular complexity index is 1380. The van der Waals surface area contributed by atoms with Crippen LogP contribution in [0.4, 0.5) is 0 Å². The number of rotatable bonds is 6. The highest BCUT2D eigenvalue weighted by atomic mass is 35.5. The maximum atomic E-state index is 13.9. The van der Waals surface area contributed by atoms with E-state index in [1.165, 1.54) is 0 Å². The maximum Gasteiger partial charge on any atom is 0.336 e. The standard InChI is InChI=1S/C31H36ClNO5/c1-4-7-22-18-27(34)38-29-19(2)26(14-13-24(22)29)37-20(3)30(35)33-17-16-31(36)15-6-5-8-25(31)28(33)21-9-11-23(32)12-10-21/h9-14,18,20,25,28,36H,4-8,15-17H2,1-3H3/t20?,25?,28-,31?/m0/s1. The van der Waals surface area contributed by atoms with Crippen LogP contribution in [-0.2, 0) is 11.2 Å². The molecule has 2 fully saturated rings. The summed E-state index contributed by atoms with van der Waals surface area (Å²) in [4.78, 5) is 28.0. The number of ether oxygens (including phenoxy) is 1. The number of carbonyl (C=O) groups is 1. The fourth-order valence-corrected chi connectivity index (χ4v) is 6.61. The number of halogens is 1. The number of likely N-dealkylation sites (tertiary alicyclic amines) is 1. The molecule has 3 unspecified atom stereocenters. The van der Waals surface area contributed by atoms with Crippen LogP contribution in [0, 0.1) is 12.8 Å². The molecular formula is C31H36ClNO5. The molecule has 2 aliphatic rings. The molecule has 0 bridgehead atoms. The summed E-state index contributed by atoms with van der Waals surface area (Å²) in [6.45, 7) is 6.15. The highest BCUT2D eigenvalue weighted by molar-refractivity contribution is 6.30. The number of hydrogen-bond acceptors (Lipinski definition) is 5. The lowest BCUT2D eigenvalue weighted by molar-refractivity contribution is -0.161. The molecular weight excluding hydrogens is 502 g/mol. The summed E-state index contributed by atoms with van der Waals surface area (Å²) in [5.74, 6) is 0.346. The molecule has 2 heterocycles. The largest absolute Gasteiger partial charge is 0.480 e. The lowest BCUT2D eigenvalue weighted by Crippen LogP contribution is -2.58. The van der Waals surface area contributed by atoms with Crippen LogP contribution in [-0.4, -0.2) is 34.2 Å². The van der Waals surface area contributed by atoms with Gasteiger partial charge in [0.15, 0.2) is 6.10 Å². The van der Waals surface area contributed by atoms with Crippen LogP contribution in [0.5, 0.6) is 5.75 Å². The van der Waals surface area contributed by atoms with E-state index >= 15 is 0 Å². The number of amides is 1. The van der Waals surface area contributed by atoms with Crippen molar-refractivity contribution in [2.75, 3.05) is 6.54 Å². The fourth-order valence-electron chi connectivity index (χ4n) is 6.49. The van der Waals surface area contributed by atoms with E-state index in [1.54, 1.807) is 13.0 Å². The van der Waals surface area contributed by atoms with Crippen molar-refractivity contribution in [1.82, 2.24) is 4.90 Å². The van der Waals surface area contributed by atoms with Crippen LogP contribution in [0.1, 0.15) is 75.1 Å². The van der Waals surface area contributed by atoms with Crippen molar-refractivity contribution < 1.29 is 19.1 Å². The Kier molecular flexibility index (Phi) is 7.56. The second-order valence-corrected chi connectivity index (χ2v) is 11.3. The van der Waals surface area contributed by atoms with Gasteiger partial charge in [-0.1, -0.05) is 49.9 Å². The van der Waals surface area contributed by atoms with Crippen molar-refractivity contribution in [1.29, 1.82) is 0 Å². The van der Waals surface area contributed by atoms with Gasteiger partial charge < -0.3 is 19.2 Å². The van der Waals surface area contributed by atoms with E-state index in [0.717, 1.165) is 55.0 Å². The summed E-state index contributed by atoms with van der Waals surface area (Å²) < 4.78 is 11.8. The van der Waals surface area contributed by atoms with Crippen LogP contribution in [0.25, 0.3) is 11.0 Å². The Hall–Kier alpha value is -2.83. The molecule has 4 atom stereocenters. The molecule has 2 aromatic carbocycles. The molecule has 1 aliphatic heterocycles.